The molecule has 0 fully saturated rings. The zero-order chi connectivity index (χ0) is 25.0. The molecule has 0 bridgehead atoms. The molecule has 1 N–H and O–H groups in total. The number of aromatic nitrogens is 3. The van der Waals surface area contributed by atoms with Gasteiger partial charge in [-0.1, -0.05) is 66.7 Å². The van der Waals surface area contributed by atoms with E-state index < -0.39 is 0 Å². The van der Waals surface area contributed by atoms with Gasteiger partial charge in [-0.2, -0.15) is 0 Å². The van der Waals surface area contributed by atoms with Gasteiger partial charge < -0.3 is 5.11 Å². The Bertz CT molecular complexity index is 1640. The van der Waals surface area contributed by atoms with E-state index in [2.05, 4.69) is 57.4 Å². The average molecular weight is 563 g/mol. The van der Waals surface area contributed by atoms with E-state index in [0.29, 0.717) is 5.56 Å². The molecule has 177 valence electrons. The van der Waals surface area contributed by atoms with Gasteiger partial charge >= 0.3 is 0 Å². The molecule has 0 saturated heterocycles. The maximum Gasteiger partial charge on any atom is 0.132 e. The zero-order valence-corrected chi connectivity index (χ0v) is 25.9. The molecule has 0 saturated carbocycles. The van der Waals surface area contributed by atoms with Crippen molar-refractivity contribution in [3.8, 4) is 61.5 Å². The molecule has 0 atom stereocenters. The number of benzene rings is 3. The van der Waals surface area contributed by atoms with Crippen LogP contribution in [0.2, 0.25) is 0 Å². The van der Waals surface area contributed by atoms with Crippen molar-refractivity contribution in [2.24, 2.45) is 0 Å². The Morgan fingerprint density at radius 3 is 1.47 bits per heavy atom. The van der Waals surface area contributed by atoms with Crippen LogP contribution in [0.25, 0.3) is 55.8 Å². The molecule has 0 aliphatic rings. The average Bonchev–Trinajstić information content (AvgIpc) is 2.99. The van der Waals surface area contributed by atoms with Crippen LogP contribution in [-0.4, -0.2) is 78.2 Å². The van der Waals surface area contributed by atoms with Crippen LogP contribution in [0.15, 0.2) is 134 Å². The van der Waals surface area contributed by atoms with Gasteiger partial charge in [0.15, 0.2) is 0 Å². The molecule has 1 radical (unpaired) electrons. The number of phenolic OH excluding ortho intramolecular Hbond substituents is 1. The Morgan fingerprint density at radius 2 is 0.974 bits per heavy atom. The van der Waals surface area contributed by atoms with Crippen LogP contribution in [0.4, 0.5) is 0 Å². The quantitative estimate of drug-likeness (QED) is 0.236. The van der Waals surface area contributed by atoms with Gasteiger partial charge in [0.2, 0.25) is 0 Å². The number of pyridine rings is 3. The van der Waals surface area contributed by atoms with Gasteiger partial charge in [-0.25, -0.2) is 0 Å². The summed E-state index contributed by atoms with van der Waals surface area (Å²) in [4.78, 5) is 13.0. The van der Waals surface area contributed by atoms with Crippen molar-refractivity contribution in [2.45, 2.75) is 0 Å². The number of hydrogen-bond donors (Lipinski definition) is 1. The first kappa shape index (κ1) is 26.3. The van der Waals surface area contributed by atoms with Crippen LogP contribution < -0.4 is 0 Å². The molecule has 0 aliphatic heterocycles. The first-order valence-electron chi connectivity index (χ1n) is 12.1. The topological polar surface area (TPSA) is 58.9 Å². The fraction of sp³-hybridized carbons (Fsp3) is 0. The summed E-state index contributed by atoms with van der Waals surface area (Å²) >= 11 is 0. The first-order valence-corrected chi connectivity index (χ1v) is 12.1. The van der Waals surface area contributed by atoms with E-state index in [1.165, 1.54) is 0 Å². The Morgan fingerprint density at radius 1 is 0.447 bits per heavy atom. The Balaban J connectivity index is 0.00000294. The standard InChI is InChI=1S/C33H23N3O.Rb/c37-33-30(26-14-12-24(13-15-26)28-6-4-17-35-22-28)19-29(20-31(33)32-7-1-2-18-36-32)25-10-8-23(9-11-25)27-5-3-16-34-21-27;/h1-22,37H;. The number of aromatic hydroxyl groups is 1. The van der Waals surface area contributed by atoms with Gasteiger partial charge in [-0.3, -0.25) is 15.0 Å². The Kier molecular flexibility index (Phi) is 8.35. The van der Waals surface area contributed by atoms with Crippen molar-refractivity contribution < 1.29 is 5.11 Å². The smallest absolute Gasteiger partial charge is 0.132 e. The molecule has 3 aromatic heterocycles. The predicted octanol–water partition coefficient (Wildman–Crippen LogP) is 7.53. The molecule has 5 heteroatoms. The van der Waals surface area contributed by atoms with Crippen molar-refractivity contribution in [1.29, 1.82) is 0 Å². The molecule has 4 nitrogen and oxygen atoms in total. The van der Waals surface area contributed by atoms with E-state index >= 15 is 0 Å². The van der Waals surface area contributed by atoms with Crippen molar-refractivity contribution in [2.75, 3.05) is 0 Å². The second-order valence-corrected chi connectivity index (χ2v) is 8.77. The third-order valence-electron chi connectivity index (χ3n) is 6.45. The molecule has 38 heavy (non-hydrogen) atoms. The minimum atomic E-state index is 0. The summed E-state index contributed by atoms with van der Waals surface area (Å²) in [6.45, 7) is 0. The van der Waals surface area contributed by atoms with Crippen LogP contribution in [-0.2, 0) is 0 Å². The summed E-state index contributed by atoms with van der Waals surface area (Å²) in [7, 11) is 0. The van der Waals surface area contributed by atoms with E-state index in [9.17, 15) is 5.11 Å². The van der Waals surface area contributed by atoms with Crippen molar-refractivity contribution in [3.05, 3.63) is 134 Å². The third-order valence-corrected chi connectivity index (χ3v) is 6.45. The first-order chi connectivity index (χ1) is 18.3. The second kappa shape index (κ2) is 12.1. The van der Waals surface area contributed by atoms with E-state index in [1.807, 2.05) is 73.1 Å². The molecule has 6 aromatic rings. The van der Waals surface area contributed by atoms with Gasteiger partial charge in [-0.05, 0) is 75.3 Å². The summed E-state index contributed by atoms with van der Waals surface area (Å²) in [6.07, 6.45) is 9.00. The molecule has 6 rings (SSSR count). The fourth-order valence-corrected chi connectivity index (χ4v) is 4.50. The third kappa shape index (κ3) is 5.59. The molecule has 3 aromatic carbocycles. The summed E-state index contributed by atoms with van der Waals surface area (Å²) in [5.74, 6) is 0.212. The summed E-state index contributed by atoms with van der Waals surface area (Å²) in [5.41, 5.74) is 9.46. The van der Waals surface area contributed by atoms with Crippen molar-refractivity contribution >= 4 is 58.2 Å². The van der Waals surface area contributed by atoms with Crippen LogP contribution in [0.3, 0.4) is 0 Å². The normalized spacial score (nSPS) is 10.5. The summed E-state index contributed by atoms with van der Waals surface area (Å²) in [5, 5.41) is 11.4. The molecule has 3 heterocycles. The van der Waals surface area contributed by atoms with Gasteiger partial charge in [0.05, 0.1) is 5.69 Å². The molecule has 0 aliphatic carbocycles. The monoisotopic (exact) mass is 562 g/mol. The minimum absolute atomic E-state index is 0. The van der Waals surface area contributed by atoms with Gasteiger partial charge in [0, 0.05) is 100 Å². The van der Waals surface area contributed by atoms with E-state index in [-0.39, 0.29) is 63.9 Å². The zero-order valence-electron chi connectivity index (χ0n) is 21.0. The number of phenols is 1. The Hall–Kier alpha value is -3.28. The maximum absolute atomic E-state index is 11.4. The number of hydrogen-bond acceptors (Lipinski definition) is 4. The fourth-order valence-electron chi connectivity index (χ4n) is 4.50. The largest absolute Gasteiger partial charge is 0.507 e. The van der Waals surface area contributed by atoms with Gasteiger partial charge in [-0.15, -0.1) is 0 Å². The van der Waals surface area contributed by atoms with Crippen LogP contribution in [0.1, 0.15) is 0 Å². The maximum atomic E-state index is 11.4. The van der Waals surface area contributed by atoms with Crippen LogP contribution >= 0.6 is 0 Å². The van der Waals surface area contributed by atoms with Gasteiger partial charge in [0.1, 0.15) is 5.75 Å². The molecule has 0 amide bonds. The van der Waals surface area contributed by atoms with E-state index in [4.69, 9.17) is 0 Å². The van der Waals surface area contributed by atoms with E-state index in [0.717, 1.165) is 50.2 Å². The SMILES string of the molecule is Oc1c(-c2ccc(-c3cccnc3)cc2)cc(-c2ccc(-c3cccnc3)cc2)cc1-c1ccccn1.[Rb]. The summed E-state index contributed by atoms with van der Waals surface area (Å²) < 4.78 is 0. The van der Waals surface area contributed by atoms with Crippen molar-refractivity contribution in [1.82, 2.24) is 15.0 Å². The van der Waals surface area contributed by atoms with Crippen LogP contribution in [0.5, 0.6) is 5.75 Å². The molecular formula is C33H23N3ORb. The summed E-state index contributed by atoms with van der Waals surface area (Å²) in [6, 6.07) is 34.3. The minimum Gasteiger partial charge on any atom is -0.507 e. The second-order valence-electron chi connectivity index (χ2n) is 8.77. The Labute approximate surface area is 270 Å². The van der Waals surface area contributed by atoms with Gasteiger partial charge in [0.25, 0.3) is 0 Å². The van der Waals surface area contributed by atoms with E-state index in [1.54, 1.807) is 18.6 Å². The predicted molar refractivity (Wildman–Crippen MR) is 154 cm³/mol. The molecule has 0 unspecified atom stereocenters. The number of rotatable bonds is 5. The van der Waals surface area contributed by atoms with Crippen LogP contribution in [0, 0.1) is 0 Å². The number of nitrogens with zero attached hydrogens (tertiary/aromatic N) is 3. The molecular weight excluding hydrogens is 540 g/mol. The van der Waals surface area contributed by atoms with Crippen molar-refractivity contribution in [3.63, 3.8) is 0 Å². The molecule has 0 spiro atoms.